The molecular weight excluding hydrogens is 140 g/mol. The Kier molecular flexibility index (Phi) is 1.81. The van der Waals surface area contributed by atoms with Crippen LogP contribution in [-0.2, 0) is 0 Å². The first-order valence-corrected chi connectivity index (χ1v) is 2.38. The molecule has 4 heteroatoms. The van der Waals surface area contributed by atoms with Crippen molar-refractivity contribution in [2.24, 2.45) is 0 Å². The fourth-order valence-corrected chi connectivity index (χ4v) is 0. The van der Waals surface area contributed by atoms with Gasteiger partial charge in [-0.3, -0.25) is 0 Å². The van der Waals surface area contributed by atoms with E-state index >= 15 is 0 Å². The fourth-order valence-electron chi connectivity index (χ4n) is 0. The Morgan fingerprint density at radius 1 is 1.12 bits per heavy atom. The lowest BCUT2D eigenvalue weighted by Crippen LogP contribution is -2.32. The van der Waals surface area contributed by atoms with E-state index in [0.717, 1.165) is 13.8 Å². The lowest BCUT2D eigenvalue weighted by Gasteiger charge is -2.18. The van der Waals surface area contributed by atoms with E-state index in [0.29, 0.717) is 0 Å². The van der Waals surface area contributed by atoms with Gasteiger partial charge in [-0.2, -0.15) is 8.78 Å². The van der Waals surface area contributed by atoms with Gasteiger partial charge in [0.15, 0.2) is 5.67 Å². The van der Waals surface area contributed by atoms with Gasteiger partial charge in [0.2, 0.25) is 0 Å². The van der Waals surface area contributed by atoms with Crippen LogP contribution in [0.1, 0.15) is 13.8 Å². The van der Waals surface area contributed by atoms with Crippen molar-refractivity contribution in [2.45, 2.75) is 24.9 Å². The van der Waals surface area contributed by atoms with Gasteiger partial charge in [-0.25, -0.2) is 4.39 Å². The number of hydrogen-bond acceptors (Lipinski definition) is 0. The summed E-state index contributed by atoms with van der Waals surface area (Å²) in [5.41, 5.74) is -2.63. The van der Waals surface area contributed by atoms with Gasteiger partial charge in [0, 0.05) is 0 Å². The molecule has 0 aliphatic heterocycles. The summed E-state index contributed by atoms with van der Waals surface area (Å²) in [5.74, 6) is 0. The Hall–Kier alpha value is 0.0800. The van der Waals surface area contributed by atoms with Crippen molar-refractivity contribution in [3.8, 4) is 0 Å². The highest BCUT2D eigenvalue weighted by molar-refractivity contribution is 6.22. The van der Waals surface area contributed by atoms with Gasteiger partial charge in [0.1, 0.15) is 0 Å². The molecule has 0 aromatic heterocycles. The summed E-state index contributed by atoms with van der Waals surface area (Å²) in [7, 11) is 0. The molecule has 0 N–H and O–H groups in total. The van der Waals surface area contributed by atoms with Crippen LogP contribution < -0.4 is 0 Å². The second-order valence-corrected chi connectivity index (χ2v) is 2.44. The second-order valence-electron chi connectivity index (χ2n) is 1.97. The standard InChI is InChI=1S/C4H6ClF3/c1-3(2,6)4(5,7)8/h1-2H3. The van der Waals surface area contributed by atoms with E-state index in [1.807, 2.05) is 0 Å². The molecule has 0 fully saturated rings. The lowest BCUT2D eigenvalue weighted by atomic mass is 10.2. The van der Waals surface area contributed by atoms with Crippen LogP contribution in [0.25, 0.3) is 0 Å². The molecule has 0 unspecified atom stereocenters. The quantitative estimate of drug-likeness (QED) is 0.499. The van der Waals surface area contributed by atoms with Gasteiger partial charge >= 0.3 is 5.38 Å². The van der Waals surface area contributed by atoms with Crippen molar-refractivity contribution in [3.05, 3.63) is 0 Å². The molecule has 50 valence electrons. The molecule has 0 amide bonds. The third-order valence-corrected chi connectivity index (χ3v) is 1.12. The highest BCUT2D eigenvalue weighted by Crippen LogP contribution is 2.34. The topological polar surface area (TPSA) is 0 Å². The molecule has 0 radical (unpaired) electrons. The molecule has 0 aromatic carbocycles. The van der Waals surface area contributed by atoms with Crippen LogP contribution in [0.4, 0.5) is 13.2 Å². The van der Waals surface area contributed by atoms with E-state index in [2.05, 4.69) is 11.6 Å². The van der Waals surface area contributed by atoms with Crippen LogP contribution >= 0.6 is 11.6 Å². The maximum atomic E-state index is 12.0. The molecule has 0 saturated heterocycles. The smallest absolute Gasteiger partial charge is 0.236 e. The predicted octanol–water partition coefficient (Wildman–Crippen LogP) is 2.57. The van der Waals surface area contributed by atoms with Gasteiger partial charge in [-0.1, -0.05) is 0 Å². The van der Waals surface area contributed by atoms with E-state index < -0.39 is 11.1 Å². The average Bonchev–Trinajstić information content (AvgIpc) is 1.25. The Balaban J connectivity index is 4.02. The van der Waals surface area contributed by atoms with Gasteiger partial charge < -0.3 is 0 Å². The summed E-state index contributed by atoms with van der Waals surface area (Å²) in [5, 5.41) is -3.76. The zero-order chi connectivity index (χ0) is 7.00. The Bertz CT molecular complexity index is 66.3. The molecule has 0 rings (SSSR count). The Labute approximate surface area is 50.6 Å². The van der Waals surface area contributed by atoms with E-state index in [-0.39, 0.29) is 0 Å². The molecule has 0 bridgehead atoms. The van der Waals surface area contributed by atoms with Crippen LogP contribution in [0.3, 0.4) is 0 Å². The Morgan fingerprint density at radius 2 is 1.25 bits per heavy atom. The van der Waals surface area contributed by atoms with Crippen molar-refractivity contribution in [1.82, 2.24) is 0 Å². The lowest BCUT2D eigenvalue weighted by molar-refractivity contribution is -0.0484. The summed E-state index contributed by atoms with van der Waals surface area (Å²) < 4.78 is 35.3. The zero-order valence-corrected chi connectivity index (χ0v) is 5.27. The van der Waals surface area contributed by atoms with Gasteiger partial charge in [-0.15, -0.1) is 0 Å². The first-order chi connectivity index (χ1) is 3.25. The summed E-state index contributed by atoms with van der Waals surface area (Å²) in [6.07, 6.45) is 0. The first-order valence-electron chi connectivity index (χ1n) is 2.01. The molecular formula is C4H6ClF3. The molecule has 0 aliphatic rings. The van der Waals surface area contributed by atoms with Crippen LogP contribution in [0, 0.1) is 0 Å². The number of hydrogen-bond donors (Lipinski definition) is 0. The van der Waals surface area contributed by atoms with E-state index in [4.69, 9.17) is 0 Å². The average molecular weight is 147 g/mol. The van der Waals surface area contributed by atoms with Crippen LogP contribution in [-0.4, -0.2) is 11.1 Å². The molecule has 0 spiro atoms. The maximum absolute atomic E-state index is 12.0. The minimum Gasteiger partial charge on any atom is -0.236 e. The number of alkyl halides is 4. The summed E-state index contributed by atoms with van der Waals surface area (Å²) in [6, 6.07) is 0. The highest BCUT2D eigenvalue weighted by Gasteiger charge is 2.45. The molecule has 0 nitrogen and oxygen atoms in total. The van der Waals surface area contributed by atoms with Crippen LogP contribution in [0.2, 0.25) is 0 Å². The minimum absolute atomic E-state index is 0.722. The van der Waals surface area contributed by atoms with Crippen molar-refractivity contribution < 1.29 is 13.2 Å². The van der Waals surface area contributed by atoms with Crippen molar-refractivity contribution in [2.75, 3.05) is 0 Å². The molecule has 0 aliphatic carbocycles. The van der Waals surface area contributed by atoms with Crippen molar-refractivity contribution in [1.29, 1.82) is 0 Å². The second kappa shape index (κ2) is 1.79. The van der Waals surface area contributed by atoms with Crippen molar-refractivity contribution in [3.63, 3.8) is 0 Å². The summed E-state index contributed by atoms with van der Waals surface area (Å²) >= 11 is 4.30. The Morgan fingerprint density at radius 3 is 1.25 bits per heavy atom. The number of halogens is 4. The third kappa shape index (κ3) is 1.90. The summed E-state index contributed by atoms with van der Waals surface area (Å²) in [6.45, 7) is 1.44. The SMILES string of the molecule is CC(C)(F)C(F)(F)Cl. The van der Waals surface area contributed by atoms with Crippen LogP contribution in [0.5, 0.6) is 0 Å². The van der Waals surface area contributed by atoms with E-state index in [1.165, 1.54) is 0 Å². The van der Waals surface area contributed by atoms with Gasteiger partial charge in [0.25, 0.3) is 0 Å². The fraction of sp³-hybridized carbons (Fsp3) is 1.00. The number of rotatable bonds is 1. The van der Waals surface area contributed by atoms with Crippen LogP contribution in [0.15, 0.2) is 0 Å². The molecule has 0 heterocycles. The molecule has 0 saturated carbocycles. The van der Waals surface area contributed by atoms with E-state index in [9.17, 15) is 13.2 Å². The van der Waals surface area contributed by atoms with Crippen molar-refractivity contribution >= 4 is 11.6 Å². The van der Waals surface area contributed by atoms with Gasteiger partial charge in [-0.05, 0) is 25.4 Å². The first kappa shape index (κ1) is 8.08. The van der Waals surface area contributed by atoms with E-state index in [1.54, 1.807) is 0 Å². The molecule has 8 heavy (non-hydrogen) atoms. The maximum Gasteiger partial charge on any atom is 0.354 e. The van der Waals surface area contributed by atoms with Gasteiger partial charge in [0.05, 0.1) is 0 Å². The predicted molar refractivity (Wildman–Crippen MR) is 26.0 cm³/mol. The molecule has 0 atom stereocenters. The molecule has 0 aromatic rings. The minimum atomic E-state index is -3.76. The normalized spacial score (nSPS) is 14.2. The summed E-state index contributed by atoms with van der Waals surface area (Å²) in [4.78, 5) is 0. The highest BCUT2D eigenvalue weighted by atomic mass is 35.5. The monoisotopic (exact) mass is 146 g/mol. The zero-order valence-electron chi connectivity index (χ0n) is 4.51. The largest absolute Gasteiger partial charge is 0.354 e. The third-order valence-electron chi connectivity index (χ3n) is 0.674.